The van der Waals surface area contributed by atoms with E-state index in [4.69, 9.17) is 19.2 Å². The first-order valence-electron chi connectivity index (χ1n) is 21.2. The van der Waals surface area contributed by atoms with Gasteiger partial charge in [-0.3, -0.25) is 9.69 Å². The van der Waals surface area contributed by atoms with Gasteiger partial charge in [-0.2, -0.15) is 9.61 Å². The highest BCUT2D eigenvalue weighted by molar-refractivity contribution is 6.74. The molecule has 5 aliphatic rings. The lowest BCUT2D eigenvalue weighted by Gasteiger charge is -2.56. The molecule has 0 amide bonds. The molecule has 2 aromatic carbocycles. The van der Waals surface area contributed by atoms with E-state index in [0.29, 0.717) is 19.4 Å². The van der Waals surface area contributed by atoms with Gasteiger partial charge in [0.15, 0.2) is 14.0 Å². The Morgan fingerprint density at radius 1 is 0.893 bits per heavy atom. The number of carbonyl (C=O) groups is 1. The zero-order chi connectivity index (χ0) is 39.1. The lowest BCUT2D eigenvalue weighted by molar-refractivity contribution is -0.151. The minimum atomic E-state index is -1.77. The van der Waals surface area contributed by atoms with Crippen LogP contribution >= 0.6 is 0 Å². The van der Waals surface area contributed by atoms with E-state index in [1.807, 2.05) is 16.6 Å². The zero-order valence-electron chi connectivity index (χ0n) is 34.6. The third-order valence-electron chi connectivity index (χ3n) is 13.7. The van der Waals surface area contributed by atoms with Crippen LogP contribution < -0.4 is 4.90 Å². The fourth-order valence-corrected chi connectivity index (χ4v) is 11.3. The van der Waals surface area contributed by atoms with Crippen LogP contribution in [0.25, 0.3) is 28.0 Å². The number of esters is 1. The fourth-order valence-electron chi connectivity index (χ4n) is 10.3. The maximum absolute atomic E-state index is 12.9. The van der Waals surface area contributed by atoms with Crippen molar-refractivity contribution < 1.29 is 14.0 Å². The molecule has 4 aromatic rings. The molecule has 0 atom stereocenters. The van der Waals surface area contributed by atoms with Crippen LogP contribution in [0, 0.1) is 41.9 Å². The van der Waals surface area contributed by atoms with Crippen molar-refractivity contribution in [2.45, 2.75) is 97.2 Å². The average Bonchev–Trinajstić information content (AvgIpc) is 3.49. The summed E-state index contributed by atoms with van der Waals surface area (Å²) in [5, 5.41) is 5.30. The Hall–Kier alpha value is -3.97. The number of ether oxygens (including phenoxy) is 1. The maximum atomic E-state index is 12.9. The molecule has 296 valence electrons. The van der Waals surface area contributed by atoms with Crippen molar-refractivity contribution in [3.63, 3.8) is 0 Å². The van der Waals surface area contributed by atoms with Gasteiger partial charge in [-0.25, -0.2) is 4.98 Å². The van der Waals surface area contributed by atoms with E-state index < -0.39 is 8.32 Å². The zero-order valence-corrected chi connectivity index (χ0v) is 35.6. The maximum Gasteiger partial charge on any atom is 0.306 e. The van der Waals surface area contributed by atoms with E-state index in [9.17, 15) is 4.79 Å². The quantitative estimate of drug-likeness (QED) is 0.0652. The minimum Gasteiger partial charge on any atom is -0.465 e. The summed E-state index contributed by atoms with van der Waals surface area (Å²) in [5.74, 6) is 10.2. The summed E-state index contributed by atoms with van der Waals surface area (Å²) in [6, 6.07) is 21.0. The summed E-state index contributed by atoms with van der Waals surface area (Å²) in [6.45, 7) is 19.5. The number of benzene rings is 2. The standard InChI is InChI=1S/C47H61N5O3Si/c1-34-44(39-15-8-7-9-16-39)45-48-41(29-42(52(45)49-34)51-20-18-50(19-21-51)22-24-55-56(5,6)46(2,3)4)40-17-12-14-35(28-40)13-10-11-23-54-43(53)33-47-30-36-25-37(31-47)27-38(26-36)32-47/h7-9,12,14-17,28-29,36-38H,11,18-27,30-33H2,1-6H3. The first kappa shape index (κ1) is 38.9. The number of aromatic nitrogens is 3. The van der Waals surface area contributed by atoms with E-state index in [2.05, 4.69) is 111 Å². The summed E-state index contributed by atoms with van der Waals surface area (Å²) < 4.78 is 14.3. The summed E-state index contributed by atoms with van der Waals surface area (Å²) in [5.41, 5.74) is 7.04. The Morgan fingerprint density at radius 2 is 1.57 bits per heavy atom. The monoisotopic (exact) mass is 771 g/mol. The van der Waals surface area contributed by atoms with Crippen LogP contribution in [0.5, 0.6) is 0 Å². The number of anilines is 1. The molecule has 3 heterocycles. The minimum absolute atomic E-state index is 0.0323. The third kappa shape index (κ3) is 8.35. The number of rotatable bonds is 11. The van der Waals surface area contributed by atoms with Crippen LogP contribution in [0.15, 0.2) is 60.7 Å². The number of nitrogens with zero attached hydrogens (tertiary/aromatic N) is 5. The van der Waals surface area contributed by atoms with Crippen LogP contribution in [0.1, 0.15) is 83.4 Å². The molecule has 0 radical (unpaired) electrons. The molecular formula is C47H61N5O3Si. The van der Waals surface area contributed by atoms with Gasteiger partial charge in [0.1, 0.15) is 12.4 Å². The Bertz CT molecular complexity index is 2070. The SMILES string of the molecule is Cc1nn2c(N3CCN(CCO[Si](C)(C)C(C)(C)C)CC3)cc(-c3cccc(C#CCCOC(=O)CC45CC6CC(CC(C6)C4)C5)c3)nc2c1-c1ccccc1. The highest BCUT2D eigenvalue weighted by Crippen LogP contribution is 2.61. The first-order chi connectivity index (χ1) is 26.8. The van der Waals surface area contributed by atoms with Gasteiger partial charge < -0.3 is 14.1 Å². The molecule has 0 unspecified atom stereocenters. The van der Waals surface area contributed by atoms with Crippen molar-refractivity contribution in [1.82, 2.24) is 19.5 Å². The average molecular weight is 772 g/mol. The van der Waals surface area contributed by atoms with Gasteiger partial charge in [0.05, 0.1) is 17.8 Å². The molecule has 8 nitrogen and oxygen atoms in total. The number of hydrogen-bond donors (Lipinski definition) is 0. The molecular weight excluding hydrogens is 711 g/mol. The normalized spacial score (nSPS) is 23.7. The van der Waals surface area contributed by atoms with Crippen molar-refractivity contribution in [2.75, 3.05) is 50.8 Å². The van der Waals surface area contributed by atoms with Crippen LogP contribution in [0.4, 0.5) is 5.82 Å². The molecule has 1 saturated heterocycles. The molecule has 9 heteroatoms. The van der Waals surface area contributed by atoms with Gasteiger partial charge in [0.25, 0.3) is 0 Å². The van der Waals surface area contributed by atoms with Crippen molar-refractivity contribution >= 4 is 25.8 Å². The molecule has 5 fully saturated rings. The van der Waals surface area contributed by atoms with Crippen LogP contribution in [-0.2, 0) is 14.0 Å². The van der Waals surface area contributed by atoms with Gasteiger partial charge in [0, 0.05) is 68.5 Å². The van der Waals surface area contributed by atoms with Crippen LogP contribution in [0.2, 0.25) is 18.1 Å². The number of hydrogen-bond acceptors (Lipinski definition) is 7. The second-order valence-electron chi connectivity index (χ2n) is 18.9. The highest BCUT2D eigenvalue weighted by Gasteiger charge is 2.51. The van der Waals surface area contributed by atoms with E-state index >= 15 is 0 Å². The van der Waals surface area contributed by atoms with Gasteiger partial charge in [-0.05, 0) is 104 Å². The molecule has 4 saturated carbocycles. The van der Waals surface area contributed by atoms with Gasteiger partial charge in [0.2, 0.25) is 0 Å². The molecule has 4 bridgehead atoms. The third-order valence-corrected chi connectivity index (χ3v) is 18.3. The lowest BCUT2D eigenvalue weighted by atomic mass is 9.49. The molecule has 0 N–H and O–H groups in total. The van der Waals surface area contributed by atoms with Crippen LogP contribution in [-0.4, -0.2) is 79.7 Å². The number of aryl methyl sites for hydroxylation is 1. The molecule has 2 aromatic heterocycles. The topological polar surface area (TPSA) is 72.2 Å². The van der Waals surface area contributed by atoms with Gasteiger partial charge >= 0.3 is 5.97 Å². The second-order valence-corrected chi connectivity index (χ2v) is 23.8. The molecule has 4 aliphatic carbocycles. The number of piperazine rings is 1. The first-order valence-corrected chi connectivity index (χ1v) is 24.1. The predicted molar refractivity (Wildman–Crippen MR) is 228 cm³/mol. The Balaban J connectivity index is 0.960. The van der Waals surface area contributed by atoms with Crippen molar-refractivity contribution in [3.8, 4) is 34.2 Å². The van der Waals surface area contributed by atoms with Gasteiger partial charge in [-0.1, -0.05) is 75.1 Å². The molecule has 56 heavy (non-hydrogen) atoms. The van der Waals surface area contributed by atoms with E-state index in [0.717, 1.165) is 102 Å². The second kappa shape index (κ2) is 15.8. The van der Waals surface area contributed by atoms with E-state index in [1.54, 1.807) is 0 Å². The largest absolute Gasteiger partial charge is 0.465 e. The number of carbonyl (C=O) groups excluding carboxylic acids is 1. The highest BCUT2D eigenvalue weighted by atomic mass is 28.4. The fraction of sp³-hybridized carbons (Fsp3) is 0.553. The smallest absolute Gasteiger partial charge is 0.306 e. The Kier molecular flexibility index (Phi) is 10.9. The van der Waals surface area contributed by atoms with Gasteiger partial charge in [-0.15, -0.1) is 0 Å². The van der Waals surface area contributed by atoms with E-state index in [1.165, 1.54) is 38.5 Å². The summed E-state index contributed by atoms with van der Waals surface area (Å²) >= 11 is 0. The predicted octanol–water partition coefficient (Wildman–Crippen LogP) is 9.41. The summed E-state index contributed by atoms with van der Waals surface area (Å²) in [6.07, 6.45) is 8.97. The molecule has 0 spiro atoms. The Morgan fingerprint density at radius 3 is 2.25 bits per heavy atom. The molecule has 1 aliphatic heterocycles. The summed E-state index contributed by atoms with van der Waals surface area (Å²) in [4.78, 5) is 23.2. The van der Waals surface area contributed by atoms with Crippen molar-refractivity contribution in [1.29, 1.82) is 0 Å². The molecule has 9 rings (SSSR count). The number of fused-ring (bicyclic) bond motifs is 1. The van der Waals surface area contributed by atoms with Crippen LogP contribution in [0.3, 0.4) is 0 Å². The Labute approximate surface area is 335 Å². The van der Waals surface area contributed by atoms with E-state index in [-0.39, 0.29) is 16.4 Å². The summed E-state index contributed by atoms with van der Waals surface area (Å²) in [7, 11) is -1.77. The lowest BCUT2D eigenvalue weighted by Crippen LogP contribution is -2.49. The van der Waals surface area contributed by atoms with Crippen molar-refractivity contribution in [2.24, 2.45) is 23.2 Å². The van der Waals surface area contributed by atoms with Crippen molar-refractivity contribution in [3.05, 3.63) is 71.9 Å².